The molecule has 0 aromatic rings. The highest BCUT2D eigenvalue weighted by Gasteiger charge is 2.43. The Labute approximate surface area is 116 Å². The zero-order chi connectivity index (χ0) is 13.9. The molecule has 1 N–H and O–H groups in total. The van der Waals surface area contributed by atoms with Crippen LogP contribution in [0.3, 0.4) is 0 Å². The Hall–Kier alpha value is -0.610. The number of carboxylic acids is 1. The Balaban J connectivity index is 1.96. The van der Waals surface area contributed by atoms with E-state index in [0.717, 1.165) is 58.5 Å². The van der Waals surface area contributed by atoms with E-state index in [0.29, 0.717) is 5.92 Å². The van der Waals surface area contributed by atoms with Gasteiger partial charge in [0.25, 0.3) is 0 Å². The SMILES string of the molecule is CCN1CCN(CC2(C(=O)O)CCCC(C)C2)CC1. The summed E-state index contributed by atoms with van der Waals surface area (Å²) in [5.41, 5.74) is -0.480. The number of likely N-dealkylation sites (N-methyl/N-ethyl adjacent to an activating group) is 1. The van der Waals surface area contributed by atoms with Crippen LogP contribution in [-0.2, 0) is 4.79 Å². The molecule has 1 saturated heterocycles. The molecule has 4 nitrogen and oxygen atoms in total. The van der Waals surface area contributed by atoms with Crippen LogP contribution < -0.4 is 0 Å². The summed E-state index contributed by atoms with van der Waals surface area (Å²) in [6.07, 6.45) is 3.98. The van der Waals surface area contributed by atoms with Crippen LogP contribution in [0.5, 0.6) is 0 Å². The number of nitrogens with zero attached hydrogens (tertiary/aromatic N) is 2. The maximum absolute atomic E-state index is 11.8. The fraction of sp³-hybridized carbons (Fsp3) is 0.933. The Kier molecular flexibility index (Phi) is 4.85. The van der Waals surface area contributed by atoms with Crippen LogP contribution in [0.25, 0.3) is 0 Å². The molecule has 0 amide bonds. The first-order valence-corrected chi connectivity index (χ1v) is 7.74. The van der Waals surface area contributed by atoms with Crippen molar-refractivity contribution < 1.29 is 9.90 Å². The van der Waals surface area contributed by atoms with Crippen LogP contribution in [0.1, 0.15) is 39.5 Å². The zero-order valence-electron chi connectivity index (χ0n) is 12.4. The molecule has 0 bridgehead atoms. The lowest BCUT2D eigenvalue weighted by Gasteiger charge is -2.42. The average Bonchev–Trinajstić information content (AvgIpc) is 2.39. The van der Waals surface area contributed by atoms with Gasteiger partial charge in [-0.05, 0) is 25.3 Å². The molecule has 2 fully saturated rings. The molecule has 19 heavy (non-hydrogen) atoms. The summed E-state index contributed by atoms with van der Waals surface area (Å²) in [5, 5.41) is 9.70. The highest BCUT2D eigenvalue weighted by Crippen LogP contribution is 2.40. The van der Waals surface area contributed by atoms with E-state index in [4.69, 9.17) is 0 Å². The first-order chi connectivity index (χ1) is 9.05. The summed E-state index contributed by atoms with van der Waals surface area (Å²) in [6.45, 7) is 10.5. The van der Waals surface area contributed by atoms with E-state index in [9.17, 15) is 9.90 Å². The predicted octanol–water partition coefficient (Wildman–Crippen LogP) is 1.90. The number of rotatable bonds is 4. The summed E-state index contributed by atoms with van der Waals surface area (Å²) in [7, 11) is 0. The highest BCUT2D eigenvalue weighted by molar-refractivity contribution is 5.75. The lowest BCUT2D eigenvalue weighted by molar-refractivity contribution is -0.154. The van der Waals surface area contributed by atoms with Crippen molar-refractivity contribution in [2.45, 2.75) is 39.5 Å². The molecule has 2 atom stereocenters. The van der Waals surface area contributed by atoms with E-state index >= 15 is 0 Å². The number of hydrogen-bond donors (Lipinski definition) is 1. The van der Waals surface area contributed by atoms with Crippen molar-refractivity contribution in [3.8, 4) is 0 Å². The van der Waals surface area contributed by atoms with E-state index in [1.165, 1.54) is 6.42 Å². The molecule has 1 saturated carbocycles. The summed E-state index contributed by atoms with van der Waals surface area (Å²) in [6, 6.07) is 0. The highest BCUT2D eigenvalue weighted by atomic mass is 16.4. The standard InChI is InChI=1S/C15H28N2O2/c1-3-16-7-9-17(10-8-16)12-15(14(18)19)6-4-5-13(2)11-15/h13H,3-12H2,1-2H3,(H,18,19). The van der Waals surface area contributed by atoms with E-state index in [1.54, 1.807) is 0 Å². The summed E-state index contributed by atoms with van der Waals surface area (Å²) in [4.78, 5) is 16.6. The molecular weight excluding hydrogens is 240 g/mol. The van der Waals surface area contributed by atoms with Crippen molar-refractivity contribution in [1.29, 1.82) is 0 Å². The maximum atomic E-state index is 11.8. The van der Waals surface area contributed by atoms with Gasteiger partial charge in [0.1, 0.15) is 0 Å². The minimum Gasteiger partial charge on any atom is -0.481 e. The second-order valence-electron chi connectivity index (χ2n) is 6.50. The van der Waals surface area contributed by atoms with E-state index in [2.05, 4.69) is 23.6 Å². The third kappa shape index (κ3) is 3.48. The second kappa shape index (κ2) is 6.23. The molecule has 2 rings (SSSR count). The van der Waals surface area contributed by atoms with Crippen LogP contribution in [0, 0.1) is 11.3 Å². The molecule has 4 heteroatoms. The van der Waals surface area contributed by atoms with E-state index in [1.807, 2.05) is 0 Å². The minimum atomic E-state index is -0.572. The van der Waals surface area contributed by atoms with Gasteiger partial charge in [-0.1, -0.05) is 26.7 Å². The molecule has 0 aromatic heterocycles. The fourth-order valence-electron chi connectivity index (χ4n) is 3.76. The summed E-state index contributed by atoms with van der Waals surface area (Å²) in [5.74, 6) is -0.0150. The quantitative estimate of drug-likeness (QED) is 0.846. The third-order valence-electron chi connectivity index (χ3n) is 4.98. The predicted molar refractivity (Wildman–Crippen MR) is 76.3 cm³/mol. The Bertz CT molecular complexity index is 313. The Morgan fingerprint density at radius 3 is 2.42 bits per heavy atom. The largest absolute Gasteiger partial charge is 0.481 e. The Morgan fingerprint density at radius 1 is 1.26 bits per heavy atom. The number of carbonyl (C=O) groups is 1. The van der Waals surface area contributed by atoms with Gasteiger partial charge in [0.05, 0.1) is 5.41 Å². The summed E-state index contributed by atoms with van der Waals surface area (Å²) < 4.78 is 0. The lowest BCUT2D eigenvalue weighted by Crippen LogP contribution is -2.52. The van der Waals surface area contributed by atoms with Crippen molar-refractivity contribution in [2.24, 2.45) is 11.3 Å². The summed E-state index contributed by atoms with van der Waals surface area (Å²) >= 11 is 0. The number of aliphatic carboxylic acids is 1. The van der Waals surface area contributed by atoms with Crippen LogP contribution >= 0.6 is 0 Å². The van der Waals surface area contributed by atoms with Gasteiger partial charge >= 0.3 is 5.97 Å². The normalized spacial score (nSPS) is 34.3. The topological polar surface area (TPSA) is 43.8 Å². The second-order valence-corrected chi connectivity index (χ2v) is 6.50. The monoisotopic (exact) mass is 268 g/mol. The van der Waals surface area contributed by atoms with Gasteiger partial charge in [-0.3, -0.25) is 9.69 Å². The van der Waals surface area contributed by atoms with Gasteiger partial charge in [0.2, 0.25) is 0 Å². The van der Waals surface area contributed by atoms with Crippen molar-refractivity contribution in [3.05, 3.63) is 0 Å². The molecule has 1 aliphatic heterocycles. The van der Waals surface area contributed by atoms with Gasteiger partial charge in [-0.25, -0.2) is 0 Å². The molecule has 110 valence electrons. The Morgan fingerprint density at radius 2 is 1.89 bits per heavy atom. The van der Waals surface area contributed by atoms with E-state index < -0.39 is 11.4 Å². The maximum Gasteiger partial charge on any atom is 0.310 e. The van der Waals surface area contributed by atoms with Crippen LogP contribution in [0.4, 0.5) is 0 Å². The molecule has 0 spiro atoms. The van der Waals surface area contributed by atoms with Gasteiger partial charge in [-0.15, -0.1) is 0 Å². The smallest absolute Gasteiger partial charge is 0.310 e. The zero-order valence-corrected chi connectivity index (χ0v) is 12.4. The van der Waals surface area contributed by atoms with Crippen molar-refractivity contribution >= 4 is 5.97 Å². The van der Waals surface area contributed by atoms with Gasteiger partial charge in [-0.2, -0.15) is 0 Å². The lowest BCUT2D eigenvalue weighted by atomic mass is 9.69. The average molecular weight is 268 g/mol. The van der Waals surface area contributed by atoms with Crippen LogP contribution in [0.15, 0.2) is 0 Å². The number of piperazine rings is 1. The molecule has 1 heterocycles. The molecule has 0 radical (unpaired) electrons. The molecular formula is C15H28N2O2. The van der Waals surface area contributed by atoms with Gasteiger partial charge in [0.15, 0.2) is 0 Å². The minimum absolute atomic E-state index is 0.480. The van der Waals surface area contributed by atoms with Crippen molar-refractivity contribution in [2.75, 3.05) is 39.3 Å². The molecule has 2 aliphatic rings. The third-order valence-corrected chi connectivity index (χ3v) is 4.98. The van der Waals surface area contributed by atoms with Crippen molar-refractivity contribution in [3.63, 3.8) is 0 Å². The van der Waals surface area contributed by atoms with Gasteiger partial charge < -0.3 is 10.0 Å². The first-order valence-electron chi connectivity index (χ1n) is 7.74. The molecule has 0 aromatic carbocycles. The molecule has 1 aliphatic carbocycles. The first kappa shape index (κ1) is 14.8. The van der Waals surface area contributed by atoms with E-state index in [-0.39, 0.29) is 0 Å². The number of hydrogen-bond acceptors (Lipinski definition) is 3. The number of carboxylic acid groups (broad SMARTS) is 1. The van der Waals surface area contributed by atoms with Crippen LogP contribution in [-0.4, -0.2) is 60.1 Å². The van der Waals surface area contributed by atoms with Crippen molar-refractivity contribution in [1.82, 2.24) is 9.80 Å². The van der Waals surface area contributed by atoms with Crippen LogP contribution in [0.2, 0.25) is 0 Å². The fourth-order valence-corrected chi connectivity index (χ4v) is 3.76. The molecule has 2 unspecified atom stereocenters. The van der Waals surface area contributed by atoms with Gasteiger partial charge in [0, 0.05) is 32.7 Å².